The number of methoxy groups -OCH3 is 1. The summed E-state index contributed by atoms with van der Waals surface area (Å²) in [5.41, 5.74) is 4.41. The van der Waals surface area contributed by atoms with Crippen LogP contribution in [0.2, 0.25) is 5.02 Å². The highest BCUT2D eigenvalue weighted by Crippen LogP contribution is 2.37. The zero-order chi connectivity index (χ0) is 20.8. The largest absolute Gasteiger partial charge is 0.496 e. The minimum atomic E-state index is -0.0918. The molecule has 0 atom stereocenters. The van der Waals surface area contributed by atoms with E-state index in [2.05, 4.69) is 12.2 Å². The Labute approximate surface area is 176 Å². The van der Waals surface area contributed by atoms with E-state index in [-0.39, 0.29) is 5.91 Å². The van der Waals surface area contributed by atoms with Crippen molar-refractivity contribution in [3.63, 3.8) is 0 Å². The number of hydrogen-bond acceptors (Lipinski definition) is 3. The summed E-state index contributed by atoms with van der Waals surface area (Å²) < 4.78 is 11.3. The lowest BCUT2D eigenvalue weighted by Crippen LogP contribution is -2.22. The van der Waals surface area contributed by atoms with Gasteiger partial charge in [-0.1, -0.05) is 43.5 Å². The maximum Gasteiger partial charge on any atom is 0.244 e. The van der Waals surface area contributed by atoms with Gasteiger partial charge in [0.25, 0.3) is 0 Å². The Balaban J connectivity index is 1.94. The minimum Gasteiger partial charge on any atom is -0.496 e. The first kappa shape index (κ1) is 21.0. The Hall–Kier alpha value is -2.72. The molecular formula is C24H26ClNO3. The Kier molecular flexibility index (Phi) is 6.99. The Morgan fingerprint density at radius 2 is 1.97 bits per heavy atom. The monoisotopic (exact) mass is 411 g/mol. The Morgan fingerprint density at radius 1 is 1.21 bits per heavy atom. The molecular weight excluding hydrogens is 386 g/mol. The lowest BCUT2D eigenvalue weighted by Gasteiger charge is -2.10. The van der Waals surface area contributed by atoms with Gasteiger partial charge >= 0.3 is 0 Å². The van der Waals surface area contributed by atoms with E-state index in [1.54, 1.807) is 19.4 Å². The van der Waals surface area contributed by atoms with E-state index in [9.17, 15) is 4.79 Å². The van der Waals surface area contributed by atoms with Crippen LogP contribution in [0.1, 0.15) is 38.7 Å². The number of carbonyl (C=O) groups is 1. The molecule has 1 heterocycles. The Bertz CT molecular complexity index is 1020. The number of nitrogens with one attached hydrogen (secondary N) is 1. The van der Waals surface area contributed by atoms with E-state index in [1.807, 2.05) is 43.3 Å². The molecule has 0 saturated carbocycles. The summed E-state index contributed by atoms with van der Waals surface area (Å²) in [6.45, 7) is 4.74. The standard InChI is InChI=1S/C24H26ClNO3/c1-4-5-6-11-26-24(27)12-16(2)19-13-20-21(17-7-9-18(25)10-8-17)15-29-23(20)14-22(19)28-3/h7-10,12-15H,4-6,11H2,1-3H3,(H,26,27)/b16-12+. The third kappa shape index (κ3) is 5.01. The summed E-state index contributed by atoms with van der Waals surface area (Å²) in [4.78, 5) is 12.3. The highest BCUT2D eigenvalue weighted by Gasteiger charge is 2.15. The first-order valence-electron chi connectivity index (χ1n) is 9.85. The number of furan rings is 1. The summed E-state index contributed by atoms with van der Waals surface area (Å²) >= 11 is 6.01. The zero-order valence-corrected chi connectivity index (χ0v) is 17.8. The first-order chi connectivity index (χ1) is 14.0. The fraction of sp³-hybridized carbons (Fsp3) is 0.292. The van der Waals surface area contributed by atoms with Gasteiger partial charge in [-0.05, 0) is 42.7 Å². The molecule has 3 aromatic rings. The second-order valence-electron chi connectivity index (χ2n) is 7.03. The molecule has 1 aromatic heterocycles. The van der Waals surface area contributed by atoms with E-state index in [1.165, 1.54) is 0 Å². The molecule has 0 spiro atoms. The van der Waals surface area contributed by atoms with Crippen molar-refractivity contribution in [3.8, 4) is 16.9 Å². The lowest BCUT2D eigenvalue weighted by molar-refractivity contribution is -0.116. The van der Waals surface area contributed by atoms with Crippen LogP contribution in [0.3, 0.4) is 0 Å². The summed E-state index contributed by atoms with van der Waals surface area (Å²) in [5, 5.41) is 4.59. The number of rotatable bonds is 8. The molecule has 2 aromatic carbocycles. The van der Waals surface area contributed by atoms with Crippen LogP contribution in [0.5, 0.6) is 5.75 Å². The molecule has 1 N–H and O–H groups in total. The van der Waals surface area contributed by atoms with Crippen LogP contribution in [0.4, 0.5) is 0 Å². The van der Waals surface area contributed by atoms with E-state index in [0.717, 1.165) is 52.5 Å². The molecule has 0 unspecified atom stereocenters. The fourth-order valence-electron chi connectivity index (χ4n) is 3.30. The predicted octanol–water partition coefficient (Wildman–Crippen LogP) is 6.47. The lowest BCUT2D eigenvalue weighted by atomic mass is 9.99. The third-order valence-electron chi connectivity index (χ3n) is 4.90. The predicted molar refractivity (Wildman–Crippen MR) is 119 cm³/mol. The molecule has 4 nitrogen and oxygen atoms in total. The molecule has 5 heteroatoms. The van der Waals surface area contributed by atoms with Crippen molar-refractivity contribution in [1.29, 1.82) is 0 Å². The van der Waals surface area contributed by atoms with Gasteiger partial charge in [0.1, 0.15) is 11.3 Å². The molecule has 0 fully saturated rings. The van der Waals surface area contributed by atoms with Gasteiger partial charge in [0.05, 0.1) is 13.4 Å². The van der Waals surface area contributed by atoms with Crippen LogP contribution >= 0.6 is 11.6 Å². The van der Waals surface area contributed by atoms with Crippen molar-refractivity contribution in [3.05, 3.63) is 59.3 Å². The number of carbonyl (C=O) groups excluding carboxylic acids is 1. The molecule has 0 aliphatic rings. The maximum atomic E-state index is 12.3. The van der Waals surface area contributed by atoms with Crippen molar-refractivity contribution in [1.82, 2.24) is 5.32 Å². The number of benzene rings is 2. The number of allylic oxidation sites excluding steroid dienone is 1. The number of fused-ring (bicyclic) bond motifs is 1. The van der Waals surface area contributed by atoms with Gasteiger partial charge < -0.3 is 14.5 Å². The topological polar surface area (TPSA) is 51.5 Å². The number of ether oxygens (including phenoxy) is 1. The summed E-state index contributed by atoms with van der Waals surface area (Å²) in [6.07, 6.45) is 6.59. The second-order valence-corrected chi connectivity index (χ2v) is 7.47. The molecule has 1 amide bonds. The van der Waals surface area contributed by atoms with Gasteiger partial charge in [-0.3, -0.25) is 4.79 Å². The molecule has 29 heavy (non-hydrogen) atoms. The zero-order valence-electron chi connectivity index (χ0n) is 17.0. The summed E-state index contributed by atoms with van der Waals surface area (Å²) in [7, 11) is 1.62. The SMILES string of the molecule is CCCCCNC(=O)/C=C(\C)c1cc2c(-c3ccc(Cl)cc3)coc2cc1OC. The summed E-state index contributed by atoms with van der Waals surface area (Å²) in [5.74, 6) is 0.577. The molecule has 0 aliphatic heterocycles. The quantitative estimate of drug-likeness (QED) is 0.341. The van der Waals surface area contributed by atoms with Gasteiger partial charge in [0.2, 0.25) is 5.91 Å². The van der Waals surface area contributed by atoms with Crippen LogP contribution in [0.25, 0.3) is 27.7 Å². The minimum absolute atomic E-state index is 0.0918. The molecule has 0 radical (unpaired) electrons. The highest BCUT2D eigenvalue weighted by molar-refractivity contribution is 6.30. The van der Waals surface area contributed by atoms with Crippen LogP contribution in [0, 0.1) is 0 Å². The van der Waals surface area contributed by atoms with Gasteiger partial charge in [-0.15, -0.1) is 0 Å². The van der Waals surface area contributed by atoms with Crippen molar-refractivity contribution >= 4 is 34.1 Å². The Morgan fingerprint density at radius 3 is 2.66 bits per heavy atom. The second kappa shape index (κ2) is 9.66. The van der Waals surface area contributed by atoms with Crippen LogP contribution in [-0.4, -0.2) is 19.6 Å². The van der Waals surface area contributed by atoms with Crippen LogP contribution in [-0.2, 0) is 4.79 Å². The van der Waals surface area contributed by atoms with E-state index in [0.29, 0.717) is 17.3 Å². The molecule has 0 aliphatic carbocycles. The van der Waals surface area contributed by atoms with Gasteiger partial charge in [0, 0.05) is 40.2 Å². The van der Waals surface area contributed by atoms with Crippen molar-refractivity contribution in [2.24, 2.45) is 0 Å². The van der Waals surface area contributed by atoms with E-state index in [4.69, 9.17) is 20.8 Å². The van der Waals surface area contributed by atoms with Crippen LogP contribution < -0.4 is 10.1 Å². The molecule has 0 bridgehead atoms. The normalized spacial score (nSPS) is 11.7. The summed E-state index contributed by atoms with van der Waals surface area (Å²) in [6, 6.07) is 11.5. The fourth-order valence-corrected chi connectivity index (χ4v) is 3.42. The molecule has 0 saturated heterocycles. The molecule has 152 valence electrons. The number of hydrogen-bond donors (Lipinski definition) is 1. The molecule has 3 rings (SSSR count). The number of amides is 1. The van der Waals surface area contributed by atoms with Crippen molar-refractivity contribution in [2.45, 2.75) is 33.1 Å². The van der Waals surface area contributed by atoms with E-state index >= 15 is 0 Å². The highest BCUT2D eigenvalue weighted by atomic mass is 35.5. The number of unbranched alkanes of at least 4 members (excludes halogenated alkanes) is 2. The van der Waals surface area contributed by atoms with E-state index < -0.39 is 0 Å². The van der Waals surface area contributed by atoms with Gasteiger partial charge in [-0.25, -0.2) is 0 Å². The van der Waals surface area contributed by atoms with Crippen molar-refractivity contribution < 1.29 is 13.9 Å². The van der Waals surface area contributed by atoms with Gasteiger partial charge in [-0.2, -0.15) is 0 Å². The van der Waals surface area contributed by atoms with Gasteiger partial charge in [0.15, 0.2) is 0 Å². The third-order valence-corrected chi connectivity index (χ3v) is 5.15. The average molecular weight is 412 g/mol. The van der Waals surface area contributed by atoms with Crippen LogP contribution in [0.15, 0.2) is 53.2 Å². The van der Waals surface area contributed by atoms with Crippen molar-refractivity contribution in [2.75, 3.05) is 13.7 Å². The maximum absolute atomic E-state index is 12.3. The first-order valence-corrected chi connectivity index (χ1v) is 10.2. The number of halogens is 1. The smallest absolute Gasteiger partial charge is 0.244 e. The average Bonchev–Trinajstić information content (AvgIpc) is 3.13.